The van der Waals surface area contributed by atoms with Gasteiger partial charge in [0.15, 0.2) is 11.6 Å². The third-order valence-corrected chi connectivity index (χ3v) is 5.41. The van der Waals surface area contributed by atoms with Crippen LogP contribution >= 0.6 is 0 Å². The van der Waals surface area contributed by atoms with Crippen molar-refractivity contribution in [3.63, 3.8) is 0 Å². The highest BCUT2D eigenvalue weighted by Gasteiger charge is 2.33. The molecule has 3 rings (SSSR count). The van der Waals surface area contributed by atoms with E-state index in [-0.39, 0.29) is 23.3 Å². The Balaban J connectivity index is 0. The molecule has 38 heavy (non-hydrogen) atoms. The average Bonchev–Trinajstić information content (AvgIpc) is 3.35. The van der Waals surface area contributed by atoms with Gasteiger partial charge in [-0.05, 0) is 37.8 Å². The van der Waals surface area contributed by atoms with Crippen LogP contribution in [0.2, 0.25) is 0 Å². The van der Waals surface area contributed by atoms with Gasteiger partial charge in [-0.15, -0.1) is 0 Å². The Hall–Kier alpha value is -3.44. The molecule has 1 amide bonds. The van der Waals surface area contributed by atoms with Crippen molar-refractivity contribution in [2.75, 3.05) is 26.7 Å². The Morgan fingerprint density at radius 2 is 1.61 bits per heavy atom. The first kappa shape index (κ1) is 36.7. The number of methoxy groups -OCH3 is 1. The van der Waals surface area contributed by atoms with Gasteiger partial charge in [-0.25, -0.2) is 8.78 Å². The molecule has 2 fully saturated rings. The van der Waals surface area contributed by atoms with Crippen molar-refractivity contribution in [2.24, 2.45) is 4.99 Å². The molecule has 0 aliphatic carbocycles. The minimum absolute atomic E-state index is 0.190. The first-order chi connectivity index (χ1) is 17.9. The molecule has 216 valence electrons. The lowest BCUT2D eigenvalue weighted by molar-refractivity contribution is -0.130. The fraction of sp³-hybridized carbons (Fsp3) is 0.538. The first-order valence-electron chi connectivity index (χ1n) is 11.9. The fourth-order valence-electron chi connectivity index (χ4n) is 3.64. The maximum Gasteiger partial charge on any atom is 0.319 e. The maximum atomic E-state index is 13.3. The van der Waals surface area contributed by atoms with Crippen LogP contribution < -0.4 is 0 Å². The van der Waals surface area contributed by atoms with Crippen molar-refractivity contribution >= 4 is 25.4 Å². The summed E-state index contributed by atoms with van der Waals surface area (Å²) < 4.78 is 56.0. The molecule has 12 heteroatoms. The van der Waals surface area contributed by atoms with E-state index in [0.717, 1.165) is 44.9 Å². The van der Waals surface area contributed by atoms with E-state index in [1.165, 1.54) is 14.0 Å². The van der Waals surface area contributed by atoms with Crippen molar-refractivity contribution in [3.05, 3.63) is 41.7 Å². The summed E-state index contributed by atoms with van der Waals surface area (Å²) in [6, 6.07) is 1.95. The molecule has 0 spiro atoms. The summed E-state index contributed by atoms with van der Waals surface area (Å²) in [6.45, 7) is 16.1. The highest BCUT2D eigenvalue weighted by Crippen LogP contribution is 2.25. The molecular weight excluding hydrogens is 510 g/mol. The summed E-state index contributed by atoms with van der Waals surface area (Å²) in [5, 5.41) is 8.61. The van der Waals surface area contributed by atoms with Crippen LogP contribution in [0.1, 0.15) is 52.0 Å². The molecule has 1 N–H and O–H groups in total. The van der Waals surface area contributed by atoms with Gasteiger partial charge in [0.1, 0.15) is 25.2 Å². The Morgan fingerprint density at radius 1 is 1.08 bits per heavy atom. The quantitative estimate of drug-likeness (QED) is 0.327. The molecule has 2 saturated heterocycles. The zero-order valence-corrected chi connectivity index (χ0v) is 22.7. The second-order valence-electron chi connectivity index (χ2n) is 7.89. The summed E-state index contributed by atoms with van der Waals surface area (Å²) in [5.74, 6) is -5.29. The molecular formula is C26H39F4N3O5. The lowest BCUT2D eigenvalue weighted by Crippen LogP contribution is -2.45. The number of alkyl halides is 2. The van der Waals surface area contributed by atoms with Gasteiger partial charge in [-0.2, -0.15) is 13.8 Å². The number of halogens is 4. The van der Waals surface area contributed by atoms with Gasteiger partial charge in [0.05, 0.1) is 7.11 Å². The van der Waals surface area contributed by atoms with Gasteiger partial charge >= 0.3 is 5.92 Å². The third-order valence-electron chi connectivity index (χ3n) is 5.41. The Morgan fingerprint density at radius 3 is 2.00 bits per heavy atom. The van der Waals surface area contributed by atoms with Gasteiger partial charge in [-0.3, -0.25) is 4.79 Å². The Kier molecular flexibility index (Phi) is 18.1. The number of phenols is 1. The standard InChI is InChI=1S/C15H23F2N3O2.C7H6F2O.C2H6.2CH2O/c1-11(18-14(22-3)15(2,16)17)19-9-6-12(7-10-19)20-8-4-5-13(20)21;1-4-2-6(9)7(10)3-5(4)8;3*1-2/h12H,1,4-10H2,2-3H3;2-3,10H,1H3;1-2H3;2*1H2/b18-14-;;;;. The van der Waals surface area contributed by atoms with Crippen LogP contribution in [0, 0.1) is 18.6 Å². The van der Waals surface area contributed by atoms with E-state index >= 15 is 0 Å². The molecule has 2 aliphatic heterocycles. The van der Waals surface area contributed by atoms with Crippen LogP contribution in [0.4, 0.5) is 17.6 Å². The predicted molar refractivity (Wildman–Crippen MR) is 138 cm³/mol. The number of ether oxygens (including phenoxy) is 1. The van der Waals surface area contributed by atoms with Gasteiger partial charge in [0.2, 0.25) is 5.91 Å². The second kappa shape index (κ2) is 18.8. The smallest absolute Gasteiger partial charge is 0.319 e. The number of rotatable bonds is 4. The topological polar surface area (TPSA) is 99.5 Å². The number of hydrogen-bond donors (Lipinski definition) is 1. The summed E-state index contributed by atoms with van der Waals surface area (Å²) >= 11 is 0. The zero-order valence-electron chi connectivity index (χ0n) is 22.7. The monoisotopic (exact) mass is 549 g/mol. The number of nitrogens with zero attached hydrogens (tertiary/aromatic N) is 3. The number of likely N-dealkylation sites (tertiary alicyclic amines) is 2. The fourth-order valence-corrected chi connectivity index (χ4v) is 3.64. The average molecular weight is 550 g/mol. The van der Waals surface area contributed by atoms with Crippen LogP contribution in [0.3, 0.4) is 0 Å². The number of piperidine rings is 1. The second-order valence-corrected chi connectivity index (χ2v) is 7.89. The van der Waals surface area contributed by atoms with Crippen molar-refractivity contribution < 1.29 is 41.8 Å². The summed E-state index contributed by atoms with van der Waals surface area (Å²) in [6.07, 6.45) is 3.19. The van der Waals surface area contributed by atoms with Crippen molar-refractivity contribution in [1.29, 1.82) is 0 Å². The SMILES string of the molecule is C=C(/N=C(\OC)C(C)(F)F)N1CCC(N2CCCC2=O)CC1.C=O.C=O.CC.Cc1cc(F)c(O)cc1F. The van der Waals surface area contributed by atoms with E-state index in [2.05, 4.69) is 16.3 Å². The van der Waals surface area contributed by atoms with Crippen LogP contribution in [0.15, 0.2) is 29.5 Å². The molecule has 1 aromatic carbocycles. The first-order valence-corrected chi connectivity index (χ1v) is 11.9. The lowest BCUT2D eigenvalue weighted by Gasteiger charge is -2.37. The molecule has 2 aliphatic rings. The molecule has 0 atom stereocenters. The summed E-state index contributed by atoms with van der Waals surface area (Å²) in [4.78, 5) is 35.4. The largest absolute Gasteiger partial charge is 0.505 e. The number of carbonyl (C=O) groups excluding carboxylic acids is 3. The number of phenolic OH excluding ortho intramolecular Hbond substituents is 1. The molecule has 2 heterocycles. The van der Waals surface area contributed by atoms with Gasteiger partial charge in [0, 0.05) is 45.1 Å². The number of hydrogen-bond acceptors (Lipinski definition) is 7. The number of aliphatic imine (C=N–C) groups is 1. The molecule has 0 radical (unpaired) electrons. The number of amides is 1. The molecule has 1 aromatic rings. The third kappa shape index (κ3) is 11.7. The van der Waals surface area contributed by atoms with E-state index in [4.69, 9.17) is 14.7 Å². The van der Waals surface area contributed by atoms with Crippen LogP contribution in [0.25, 0.3) is 0 Å². The van der Waals surface area contributed by atoms with Crippen LogP contribution in [-0.2, 0) is 19.1 Å². The van der Waals surface area contributed by atoms with E-state index in [1.807, 2.05) is 37.2 Å². The molecule has 0 aromatic heterocycles. The van der Waals surface area contributed by atoms with Crippen LogP contribution in [-0.4, -0.2) is 79.0 Å². The predicted octanol–water partition coefficient (Wildman–Crippen LogP) is 4.88. The number of benzene rings is 1. The maximum absolute atomic E-state index is 13.3. The van der Waals surface area contributed by atoms with Crippen LogP contribution in [0.5, 0.6) is 5.75 Å². The van der Waals surface area contributed by atoms with Gasteiger partial charge < -0.3 is 29.2 Å². The van der Waals surface area contributed by atoms with E-state index < -0.39 is 29.2 Å². The number of aromatic hydroxyl groups is 1. The Bertz CT molecular complexity index is 849. The normalized spacial score (nSPS) is 15.4. The van der Waals surface area contributed by atoms with E-state index in [0.29, 0.717) is 19.5 Å². The van der Waals surface area contributed by atoms with Crippen molar-refractivity contribution in [1.82, 2.24) is 9.80 Å². The number of aryl methyl sites for hydroxylation is 1. The van der Waals surface area contributed by atoms with E-state index in [9.17, 15) is 22.4 Å². The zero-order chi connectivity index (χ0) is 30.1. The van der Waals surface area contributed by atoms with Crippen molar-refractivity contribution in [3.8, 4) is 5.75 Å². The Labute approximate surface area is 222 Å². The van der Waals surface area contributed by atoms with E-state index in [1.54, 1.807) is 0 Å². The summed E-state index contributed by atoms with van der Waals surface area (Å²) in [7, 11) is 1.18. The molecule has 0 bridgehead atoms. The van der Waals surface area contributed by atoms with Crippen molar-refractivity contribution in [2.45, 2.75) is 65.3 Å². The van der Waals surface area contributed by atoms with Gasteiger partial charge in [0.25, 0.3) is 5.90 Å². The number of carbonyl (C=O) groups is 3. The molecule has 0 unspecified atom stereocenters. The lowest BCUT2D eigenvalue weighted by atomic mass is 10.0. The molecule has 8 nitrogen and oxygen atoms in total. The minimum Gasteiger partial charge on any atom is -0.505 e. The van der Waals surface area contributed by atoms with Gasteiger partial charge in [-0.1, -0.05) is 20.4 Å². The highest BCUT2D eigenvalue weighted by molar-refractivity contribution is 5.83. The molecule has 0 saturated carbocycles. The minimum atomic E-state index is -3.13. The summed E-state index contributed by atoms with van der Waals surface area (Å²) in [5.41, 5.74) is 0.190. The highest BCUT2D eigenvalue weighted by atomic mass is 19.3.